The van der Waals surface area contributed by atoms with E-state index in [-0.39, 0.29) is 49.7 Å². The van der Waals surface area contributed by atoms with Crippen molar-refractivity contribution in [2.45, 2.75) is 31.7 Å². The van der Waals surface area contributed by atoms with E-state index in [0.29, 0.717) is 13.2 Å². The minimum Gasteiger partial charge on any atom is -0.508 e. The second-order valence-electron chi connectivity index (χ2n) is 12.1. The standard InChI is InChI=1S/C35H42N6O6/c1-37-25-33(43)40-31(21-26-10-12-29(42)13-11-26)34(44)39(24-32(40)41(37)35(45)36-22-27-6-3-2-4-7-27)23-28-8-5-9-30(20-28)47-19-16-38-14-17-46-18-15-38/h2-13,20,31-32,42H,14-19,21-25H2,1H3,(H,36,45)/t31-,32-/m0/s1. The molecule has 0 spiro atoms. The largest absolute Gasteiger partial charge is 0.508 e. The molecule has 2 atom stereocenters. The molecular formula is C35H42N6O6. The number of phenolic OH excluding ortho intramolecular Hbond substituents is 1. The van der Waals surface area contributed by atoms with Gasteiger partial charge in [0.15, 0.2) is 0 Å². The van der Waals surface area contributed by atoms with E-state index in [1.54, 1.807) is 51.1 Å². The van der Waals surface area contributed by atoms with Crippen molar-refractivity contribution in [2.24, 2.45) is 0 Å². The number of morpholine rings is 1. The molecule has 248 valence electrons. The van der Waals surface area contributed by atoms with Crippen LogP contribution in [0.4, 0.5) is 4.79 Å². The summed E-state index contributed by atoms with van der Waals surface area (Å²) in [7, 11) is 1.71. The Morgan fingerprint density at radius 2 is 1.70 bits per heavy atom. The first-order chi connectivity index (χ1) is 22.9. The first kappa shape index (κ1) is 32.3. The number of hydrogen-bond donors (Lipinski definition) is 2. The van der Waals surface area contributed by atoms with Crippen LogP contribution in [0.1, 0.15) is 16.7 Å². The van der Waals surface area contributed by atoms with Crippen molar-refractivity contribution in [3.63, 3.8) is 0 Å². The maximum Gasteiger partial charge on any atom is 0.334 e. The van der Waals surface area contributed by atoms with Gasteiger partial charge in [-0.3, -0.25) is 14.5 Å². The predicted molar refractivity (Wildman–Crippen MR) is 174 cm³/mol. The summed E-state index contributed by atoms with van der Waals surface area (Å²) < 4.78 is 11.5. The molecule has 3 aromatic carbocycles. The number of phenols is 1. The third-order valence-corrected chi connectivity index (χ3v) is 8.85. The molecule has 0 unspecified atom stereocenters. The quantitative estimate of drug-likeness (QED) is 0.346. The van der Waals surface area contributed by atoms with Crippen LogP contribution in [0.5, 0.6) is 11.5 Å². The third kappa shape index (κ3) is 7.84. The Morgan fingerprint density at radius 1 is 0.957 bits per heavy atom. The van der Waals surface area contributed by atoms with Crippen molar-refractivity contribution in [2.75, 3.05) is 59.6 Å². The Hall–Kier alpha value is -4.65. The van der Waals surface area contributed by atoms with Crippen LogP contribution in [-0.2, 0) is 33.8 Å². The zero-order chi connectivity index (χ0) is 32.8. The number of hydrazine groups is 1. The highest BCUT2D eigenvalue weighted by atomic mass is 16.5. The van der Waals surface area contributed by atoms with Crippen LogP contribution in [0.3, 0.4) is 0 Å². The van der Waals surface area contributed by atoms with Gasteiger partial charge in [0.25, 0.3) is 0 Å². The Kier molecular flexibility index (Phi) is 10.2. The lowest BCUT2D eigenvalue weighted by Gasteiger charge is -2.54. The molecule has 47 heavy (non-hydrogen) atoms. The molecule has 0 aromatic heterocycles. The molecule has 12 heteroatoms. The minimum absolute atomic E-state index is 0.0432. The van der Waals surface area contributed by atoms with E-state index in [1.165, 1.54) is 0 Å². The van der Waals surface area contributed by atoms with Crippen LogP contribution in [0, 0.1) is 0 Å². The van der Waals surface area contributed by atoms with Gasteiger partial charge in [-0.05, 0) is 41.0 Å². The molecule has 3 aliphatic rings. The summed E-state index contributed by atoms with van der Waals surface area (Å²) in [4.78, 5) is 47.1. The van der Waals surface area contributed by atoms with Gasteiger partial charge in [-0.2, -0.15) is 0 Å². The molecule has 3 saturated heterocycles. The molecule has 12 nitrogen and oxygen atoms in total. The molecule has 0 bridgehead atoms. The van der Waals surface area contributed by atoms with E-state index in [4.69, 9.17) is 9.47 Å². The lowest BCUT2D eigenvalue weighted by Crippen LogP contribution is -2.76. The first-order valence-electron chi connectivity index (χ1n) is 16.1. The van der Waals surface area contributed by atoms with Gasteiger partial charge >= 0.3 is 6.03 Å². The van der Waals surface area contributed by atoms with Gasteiger partial charge in [-0.1, -0.05) is 54.6 Å². The predicted octanol–water partition coefficient (Wildman–Crippen LogP) is 2.28. The lowest BCUT2D eigenvalue weighted by molar-refractivity contribution is -0.187. The van der Waals surface area contributed by atoms with E-state index < -0.39 is 12.2 Å². The number of rotatable bonds is 10. The minimum atomic E-state index is -0.836. The van der Waals surface area contributed by atoms with Crippen molar-refractivity contribution < 1.29 is 29.0 Å². The van der Waals surface area contributed by atoms with Gasteiger partial charge in [-0.25, -0.2) is 14.8 Å². The Morgan fingerprint density at radius 3 is 2.47 bits per heavy atom. The molecule has 3 fully saturated rings. The van der Waals surface area contributed by atoms with Crippen molar-refractivity contribution >= 4 is 17.8 Å². The number of benzene rings is 3. The fourth-order valence-electron chi connectivity index (χ4n) is 6.43. The number of nitrogens with zero attached hydrogens (tertiary/aromatic N) is 5. The highest BCUT2D eigenvalue weighted by Gasteiger charge is 2.50. The maximum atomic E-state index is 14.2. The number of ether oxygens (including phenoxy) is 2. The van der Waals surface area contributed by atoms with Gasteiger partial charge in [0, 0.05) is 46.2 Å². The molecule has 2 N–H and O–H groups in total. The number of urea groups is 1. The molecule has 0 aliphatic carbocycles. The Balaban J connectivity index is 1.22. The highest BCUT2D eigenvalue weighted by Crippen LogP contribution is 2.29. The second-order valence-corrected chi connectivity index (χ2v) is 12.1. The number of amides is 4. The summed E-state index contributed by atoms with van der Waals surface area (Å²) in [6.07, 6.45) is -0.476. The first-order valence-corrected chi connectivity index (χ1v) is 16.1. The number of carbonyl (C=O) groups is 3. The van der Waals surface area contributed by atoms with Gasteiger partial charge in [0.2, 0.25) is 11.8 Å². The fourth-order valence-corrected chi connectivity index (χ4v) is 6.43. The van der Waals surface area contributed by atoms with Crippen LogP contribution in [0.15, 0.2) is 78.9 Å². The summed E-state index contributed by atoms with van der Waals surface area (Å²) in [6.45, 7) is 5.30. The monoisotopic (exact) mass is 642 g/mol. The fraction of sp³-hybridized carbons (Fsp3) is 0.400. The molecular weight excluding hydrogens is 600 g/mol. The summed E-state index contributed by atoms with van der Waals surface area (Å²) in [5, 5.41) is 16.0. The van der Waals surface area contributed by atoms with E-state index in [2.05, 4.69) is 10.2 Å². The van der Waals surface area contributed by atoms with Crippen molar-refractivity contribution in [3.8, 4) is 11.5 Å². The summed E-state index contributed by atoms with van der Waals surface area (Å²) in [6, 6.07) is 22.8. The van der Waals surface area contributed by atoms with Crippen molar-refractivity contribution in [1.82, 2.24) is 30.0 Å². The van der Waals surface area contributed by atoms with Gasteiger partial charge in [-0.15, -0.1) is 0 Å². The lowest BCUT2D eigenvalue weighted by atomic mass is 9.98. The highest BCUT2D eigenvalue weighted by molar-refractivity contribution is 5.91. The molecule has 0 radical (unpaired) electrons. The van der Waals surface area contributed by atoms with Gasteiger partial charge in [0.1, 0.15) is 30.3 Å². The van der Waals surface area contributed by atoms with Crippen LogP contribution in [0.2, 0.25) is 0 Å². The number of likely N-dealkylation sites (N-methyl/N-ethyl adjacent to an activating group) is 1. The number of aromatic hydroxyl groups is 1. The molecule has 4 amide bonds. The molecule has 3 aliphatic heterocycles. The van der Waals surface area contributed by atoms with Crippen LogP contribution < -0.4 is 10.1 Å². The summed E-state index contributed by atoms with van der Waals surface area (Å²) in [5.41, 5.74) is 2.63. The topological polar surface area (TPSA) is 118 Å². The van der Waals surface area contributed by atoms with Crippen molar-refractivity contribution in [1.29, 1.82) is 0 Å². The number of nitrogens with one attached hydrogen (secondary N) is 1. The summed E-state index contributed by atoms with van der Waals surface area (Å²) >= 11 is 0. The number of fused-ring (bicyclic) bond motifs is 1. The van der Waals surface area contributed by atoms with E-state index >= 15 is 0 Å². The second kappa shape index (κ2) is 14.8. The van der Waals surface area contributed by atoms with E-state index in [9.17, 15) is 19.5 Å². The Bertz CT molecular complexity index is 1530. The maximum absolute atomic E-state index is 14.2. The number of hydrogen-bond acceptors (Lipinski definition) is 8. The van der Waals surface area contributed by atoms with Gasteiger partial charge in [0.05, 0.1) is 26.3 Å². The average Bonchev–Trinajstić information content (AvgIpc) is 3.07. The third-order valence-electron chi connectivity index (χ3n) is 8.85. The zero-order valence-electron chi connectivity index (χ0n) is 26.7. The van der Waals surface area contributed by atoms with Gasteiger partial charge < -0.3 is 29.7 Å². The van der Waals surface area contributed by atoms with E-state index in [0.717, 1.165) is 55.3 Å². The van der Waals surface area contributed by atoms with Crippen LogP contribution in [-0.4, -0.2) is 119 Å². The molecule has 3 aromatic rings. The number of carbonyl (C=O) groups excluding carboxylic acids is 3. The number of piperazine rings is 1. The smallest absolute Gasteiger partial charge is 0.334 e. The van der Waals surface area contributed by atoms with Crippen LogP contribution in [0.25, 0.3) is 0 Å². The Labute approximate surface area is 275 Å². The molecule has 0 saturated carbocycles. The summed E-state index contributed by atoms with van der Waals surface area (Å²) in [5.74, 6) is 0.414. The van der Waals surface area contributed by atoms with E-state index in [1.807, 2.05) is 54.6 Å². The molecule has 3 heterocycles. The molecule has 6 rings (SSSR count). The normalized spacial score (nSPS) is 20.7. The average molecular weight is 643 g/mol. The van der Waals surface area contributed by atoms with Crippen LogP contribution >= 0.6 is 0 Å². The van der Waals surface area contributed by atoms with Crippen molar-refractivity contribution in [3.05, 3.63) is 95.6 Å². The zero-order valence-corrected chi connectivity index (χ0v) is 26.7. The SMILES string of the molecule is CN1CC(=O)N2[C@@H](Cc3ccc(O)cc3)C(=O)N(Cc3cccc(OCCN4CCOCC4)c3)C[C@@H]2N1C(=O)NCc1ccccc1.